The average Bonchev–Trinajstić information content (AvgIpc) is 2.63. The summed E-state index contributed by atoms with van der Waals surface area (Å²) in [7, 11) is 0. The molecule has 0 aromatic heterocycles. The second-order valence-corrected chi connectivity index (χ2v) is 5.12. The van der Waals surface area contributed by atoms with E-state index in [2.05, 4.69) is 12.2 Å². The summed E-state index contributed by atoms with van der Waals surface area (Å²) < 4.78 is 0. The van der Waals surface area contributed by atoms with Crippen LogP contribution >= 0.6 is 0 Å². The minimum absolute atomic E-state index is 0.000787. The second kappa shape index (κ2) is 4.78. The Morgan fingerprint density at radius 2 is 2.12 bits per heavy atom. The summed E-state index contributed by atoms with van der Waals surface area (Å²) >= 11 is 0. The van der Waals surface area contributed by atoms with Gasteiger partial charge in [-0.05, 0) is 49.4 Å². The molecule has 1 fully saturated rings. The molecule has 1 aliphatic rings. The van der Waals surface area contributed by atoms with Gasteiger partial charge < -0.3 is 11.1 Å². The van der Waals surface area contributed by atoms with Crippen molar-refractivity contribution in [3.63, 3.8) is 0 Å². The number of anilines is 1. The predicted molar refractivity (Wildman–Crippen MR) is 69.9 cm³/mol. The fourth-order valence-electron chi connectivity index (χ4n) is 2.56. The Hall–Kier alpha value is -1.51. The Bertz CT molecular complexity index is 408. The molecule has 92 valence electrons. The lowest BCUT2D eigenvalue weighted by Crippen LogP contribution is -2.36. The van der Waals surface area contributed by atoms with Crippen LogP contribution in [0.4, 0.5) is 5.69 Å². The van der Waals surface area contributed by atoms with Crippen LogP contribution < -0.4 is 11.1 Å². The molecule has 1 aliphatic carbocycles. The van der Waals surface area contributed by atoms with E-state index in [1.165, 1.54) is 12.8 Å². The summed E-state index contributed by atoms with van der Waals surface area (Å²) in [5.74, 6) is 0.584. The zero-order valence-corrected chi connectivity index (χ0v) is 10.5. The van der Waals surface area contributed by atoms with Crippen LogP contribution in [-0.2, 0) is 0 Å². The second-order valence-electron chi connectivity index (χ2n) is 5.12. The van der Waals surface area contributed by atoms with Gasteiger partial charge >= 0.3 is 0 Å². The summed E-state index contributed by atoms with van der Waals surface area (Å²) in [4.78, 5) is 12.1. The lowest BCUT2D eigenvalue weighted by molar-refractivity contribution is 0.0929. The molecule has 2 atom stereocenters. The molecule has 2 unspecified atom stereocenters. The number of amides is 1. The van der Waals surface area contributed by atoms with Gasteiger partial charge in [0, 0.05) is 17.3 Å². The lowest BCUT2D eigenvalue weighted by atomic mass is 10.1. The third kappa shape index (κ3) is 2.78. The highest BCUT2D eigenvalue weighted by Gasteiger charge is 2.25. The zero-order valence-electron chi connectivity index (χ0n) is 10.5. The normalized spacial score (nSPS) is 23.6. The van der Waals surface area contributed by atoms with Crippen LogP contribution in [0.15, 0.2) is 18.2 Å². The fourth-order valence-corrected chi connectivity index (χ4v) is 2.56. The Kier molecular flexibility index (Phi) is 3.36. The topological polar surface area (TPSA) is 55.1 Å². The number of nitrogen functional groups attached to an aromatic ring is 1. The maximum atomic E-state index is 12.1. The van der Waals surface area contributed by atoms with Gasteiger partial charge in [-0.2, -0.15) is 0 Å². The maximum absolute atomic E-state index is 12.1. The largest absolute Gasteiger partial charge is 0.399 e. The molecule has 0 radical (unpaired) electrons. The quantitative estimate of drug-likeness (QED) is 0.770. The third-order valence-electron chi connectivity index (χ3n) is 3.54. The van der Waals surface area contributed by atoms with Crippen LogP contribution in [0.2, 0.25) is 0 Å². The number of rotatable bonds is 2. The first-order valence-electron chi connectivity index (χ1n) is 6.24. The van der Waals surface area contributed by atoms with Gasteiger partial charge in [-0.3, -0.25) is 4.79 Å². The van der Waals surface area contributed by atoms with Crippen LogP contribution in [0.1, 0.15) is 42.1 Å². The molecule has 1 aromatic carbocycles. The molecule has 3 N–H and O–H groups in total. The summed E-state index contributed by atoms with van der Waals surface area (Å²) in [5, 5.41) is 3.10. The predicted octanol–water partition coefficient (Wildman–Crippen LogP) is 2.50. The summed E-state index contributed by atoms with van der Waals surface area (Å²) in [6, 6.07) is 5.81. The van der Waals surface area contributed by atoms with E-state index in [9.17, 15) is 4.79 Å². The number of nitrogens with two attached hydrogens (primary N) is 1. The number of carbonyl (C=O) groups excluding carboxylic acids is 1. The monoisotopic (exact) mass is 232 g/mol. The minimum atomic E-state index is -0.000787. The molecule has 1 saturated carbocycles. The smallest absolute Gasteiger partial charge is 0.251 e. The highest BCUT2D eigenvalue weighted by atomic mass is 16.1. The van der Waals surface area contributed by atoms with Gasteiger partial charge in [0.2, 0.25) is 0 Å². The Morgan fingerprint density at radius 3 is 2.71 bits per heavy atom. The van der Waals surface area contributed by atoms with Gasteiger partial charge in [-0.15, -0.1) is 0 Å². The molecular weight excluding hydrogens is 212 g/mol. The first-order valence-corrected chi connectivity index (χ1v) is 6.24. The Labute approximate surface area is 102 Å². The first kappa shape index (κ1) is 12.0. The molecule has 0 bridgehead atoms. The van der Waals surface area contributed by atoms with Crippen LogP contribution in [0, 0.1) is 12.8 Å². The standard InChI is InChI=1S/C14H20N2O/c1-9-6-11(8-12(15)7-9)14(17)16-13-5-3-4-10(13)2/h6-8,10,13H,3-5,15H2,1-2H3,(H,16,17). The summed E-state index contributed by atoms with van der Waals surface area (Å²) in [5.41, 5.74) is 8.09. The van der Waals surface area contributed by atoms with Gasteiger partial charge in [0.25, 0.3) is 5.91 Å². The molecule has 1 amide bonds. The van der Waals surface area contributed by atoms with E-state index in [1.807, 2.05) is 19.1 Å². The van der Waals surface area contributed by atoms with Gasteiger partial charge in [-0.25, -0.2) is 0 Å². The van der Waals surface area contributed by atoms with E-state index >= 15 is 0 Å². The number of carbonyl (C=O) groups is 1. The Balaban J connectivity index is 2.09. The number of aryl methyl sites for hydroxylation is 1. The van der Waals surface area contributed by atoms with Crippen molar-refractivity contribution < 1.29 is 4.79 Å². The van der Waals surface area contributed by atoms with Crippen molar-refractivity contribution in [3.05, 3.63) is 29.3 Å². The average molecular weight is 232 g/mol. The molecule has 17 heavy (non-hydrogen) atoms. The van der Waals surface area contributed by atoms with Gasteiger partial charge in [-0.1, -0.05) is 13.3 Å². The van der Waals surface area contributed by atoms with Crippen molar-refractivity contribution in [1.82, 2.24) is 5.32 Å². The Morgan fingerprint density at radius 1 is 1.35 bits per heavy atom. The fraction of sp³-hybridized carbons (Fsp3) is 0.500. The van der Waals surface area contributed by atoms with Gasteiger partial charge in [0.1, 0.15) is 0 Å². The van der Waals surface area contributed by atoms with E-state index < -0.39 is 0 Å². The molecule has 0 saturated heterocycles. The zero-order chi connectivity index (χ0) is 12.4. The van der Waals surface area contributed by atoms with E-state index in [1.54, 1.807) is 6.07 Å². The maximum Gasteiger partial charge on any atom is 0.251 e. The summed E-state index contributed by atoms with van der Waals surface area (Å²) in [6.45, 7) is 4.15. The highest BCUT2D eigenvalue weighted by Crippen LogP contribution is 2.25. The molecule has 0 spiro atoms. The van der Waals surface area contributed by atoms with Crippen molar-refractivity contribution in [2.75, 3.05) is 5.73 Å². The van der Waals surface area contributed by atoms with Crippen LogP contribution in [0.25, 0.3) is 0 Å². The third-order valence-corrected chi connectivity index (χ3v) is 3.54. The minimum Gasteiger partial charge on any atom is -0.399 e. The van der Waals surface area contributed by atoms with Crippen LogP contribution in [-0.4, -0.2) is 11.9 Å². The molecule has 2 rings (SSSR count). The number of hydrogen-bond acceptors (Lipinski definition) is 2. The SMILES string of the molecule is Cc1cc(N)cc(C(=O)NC2CCCC2C)c1. The van der Waals surface area contributed by atoms with Crippen LogP contribution in [0.5, 0.6) is 0 Å². The van der Waals surface area contributed by atoms with Crippen molar-refractivity contribution >= 4 is 11.6 Å². The molecule has 1 aromatic rings. The van der Waals surface area contributed by atoms with E-state index in [-0.39, 0.29) is 5.91 Å². The lowest BCUT2D eigenvalue weighted by Gasteiger charge is -2.17. The number of hydrogen-bond donors (Lipinski definition) is 2. The van der Waals surface area contributed by atoms with E-state index in [4.69, 9.17) is 5.73 Å². The van der Waals surface area contributed by atoms with Gasteiger partial charge in [0.15, 0.2) is 0 Å². The number of nitrogens with one attached hydrogen (secondary N) is 1. The highest BCUT2D eigenvalue weighted by molar-refractivity contribution is 5.95. The van der Waals surface area contributed by atoms with Crippen molar-refractivity contribution in [2.45, 2.75) is 39.2 Å². The first-order chi connectivity index (χ1) is 8.06. The van der Waals surface area contributed by atoms with E-state index in [0.717, 1.165) is 12.0 Å². The van der Waals surface area contributed by atoms with Crippen LogP contribution in [0.3, 0.4) is 0 Å². The molecule has 0 heterocycles. The van der Waals surface area contributed by atoms with Crippen molar-refractivity contribution in [1.29, 1.82) is 0 Å². The van der Waals surface area contributed by atoms with Crippen molar-refractivity contribution in [3.8, 4) is 0 Å². The molecule has 3 nitrogen and oxygen atoms in total. The summed E-state index contributed by atoms with van der Waals surface area (Å²) in [6.07, 6.45) is 3.51. The molecule has 3 heteroatoms. The van der Waals surface area contributed by atoms with Crippen molar-refractivity contribution in [2.24, 2.45) is 5.92 Å². The van der Waals surface area contributed by atoms with Gasteiger partial charge in [0.05, 0.1) is 0 Å². The number of benzene rings is 1. The molecule has 0 aliphatic heterocycles. The van der Waals surface area contributed by atoms with E-state index in [0.29, 0.717) is 23.2 Å². The molecular formula is C14H20N2O.